The Morgan fingerprint density at radius 3 is 1.15 bits per heavy atom. The molecule has 3 N–H and O–H groups in total. The van der Waals surface area contributed by atoms with Crippen molar-refractivity contribution in [3.05, 3.63) is 24.3 Å². The lowest BCUT2D eigenvalue weighted by molar-refractivity contribution is -0.143. The monoisotopic (exact) mass is 874 g/mol. The van der Waals surface area contributed by atoms with Crippen LogP contribution in [-0.4, -0.2) is 47.4 Å². The van der Waals surface area contributed by atoms with Crippen LogP contribution in [0.3, 0.4) is 0 Å². The molecule has 0 spiro atoms. The van der Waals surface area contributed by atoms with Crippen LogP contribution in [0.25, 0.3) is 0 Å². The molecule has 0 aliphatic heterocycles. The summed E-state index contributed by atoms with van der Waals surface area (Å²) in [5.41, 5.74) is 0. The summed E-state index contributed by atoms with van der Waals surface area (Å²) < 4.78 is 5.42. The molecule has 0 heterocycles. The summed E-state index contributed by atoms with van der Waals surface area (Å²) in [5, 5.41) is 23.1. The number of amides is 1. The van der Waals surface area contributed by atoms with Crippen LogP contribution < -0.4 is 5.32 Å². The van der Waals surface area contributed by atoms with Gasteiger partial charge in [0.1, 0.15) is 0 Å². The SMILES string of the molecule is CCCCCCCCCCCCCCCCCCCCCCC/C=C/C(O)C(CO)NC(=O)CCCCCCC/C=C\CCCCOC(=O)CCCCCCCCCCCCC. The van der Waals surface area contributed by atoms with E-state index in [1.165, 1.54) is 186 Å². The lowest BCUT2D eigenvalue weighted by Gasteiger charge is -2.20. The van der Waals surface area contributed by atoms with Gasteiger partial charge < -0.3 is 20.3 Å². The van der Waals surface area contributed by atoms with Crippen molar-refractivity contribution in [2.75, 3.05) is 13.2 Å². The number of hydrogen-bond acceptors (Lipinski definition) is 5. The van der Waals surface area contributed by atoms with Gasteiger partial charge in [-0.3, -0.25) is 9.59 Å². The molecule has 0 rings (SSSR count). The van der Waals surface area contributed by atoms with Crippen LogP contribution in [0.4, 0.5) is 0 Å². The minimum Gasteiger partial charge on any atom is -0.466 e. The number of aliphatic hydroxyl groups excluding tert-OH is 2. The van der Waals surface area contributed by atoms with E-state index < -0.39 is 12.1 Å². The van der Waals surface area contributed by atoms with Crippen molar-refractivity contribution in [3.63, 3.8) is 0 Å². The van der Waals surface area contributed by atoms with Gasteiger partial charge in [0.25, 0.3) is 0 Å². The fourth-order valence-electron chi connectivity index (χ4n) is 8.45. The Labute approximate surface area is 386 Å². The molecule has 2 unspecified atom stereocenters. The van der Waals surface area contributed by atoms with Crippen molar-refractivity contribution in [1.29, 1.82) is 0 Å². The molecule has 0 saturated heterocycles. The molecular formula is C56H107NO5. The van der Waals surface area contributed by atoms with E-state index in [0.717, 1.165) is 83.5 Å². The lowest BCUT2D eigenvalue weighted by Crippen LogP contribution is -2.45. The summed E-state index contributed by atoms with van der Waals surface area (Å²) in [7, 11) is 0. The maximum Gasteiger partial charge on any atom is 0.305 e. The first-order valence-electron chi connectivity index (χ1n) is 27.6. The summed E-state index contributed by atoms with van der Waals surface area (Å²) in [5.74, 6) is -0.127. The van der Waals surface area contributed by atoms with Crippen molar-refractivity contribution in [2.45, 2.75) is 309 Å². The predicted molar refractivity (Wildman–Crippen MR) is 269 cm³/mol. The number of carbonyl (C=O) groups excluding carboxylic acids is 2. The van der Waals surface area contributed by atoms with Gasteiger partial charge in [-0.1, -0.05) is 250 Å². The highest BCUT2D eigenvalue weighted by Crippen LogP contribution is 2.17. The van der Waals surface area contributed by atoms with Crippen LogP contribution in [0.5, 0.6) is 0 Å². The van der Waals surface area contributed by atoms with Gasteiger partial charge in [0.2, 0.25) is 5.91 Å². The molecule has 6 nitrogen and oxygen atoms in total. The minimum absolute atomic E-state index is 0.0329. The number of nitrogens with one attached hydrogen (secondary N) is 1. The van der Waals surface area contributed by atoms with E-state index in [1.54, 1.807) is 6.08 Å². The zero-order chi connectivity index (χ0) is 45.1. The van der Waals surface area contributed by atoms with E-state index in [2.05, 4.69) is 31.3 Å². The van der Waals surface area contributed by atoms with Crippen molar-refractivity contribution >= 4 is 11.9 Å². The third kappa shape index (κ3) is 47.8. The number of rotatable bonds is 51. The molecule has 0 aliphatic rings. The fourth-order valence-corrected chi connectivity index (χ4v) is 8.45. The summed E-state index contributed by atoms with van der Waals surface area (Å²) in [6.07, 6.45) is 62.0. The second kappa shape index (κ2) is 52.0. The molecule has 6 heteroatoms. The second-order valence-corrected chi connectivity index (χ2v) is 18.9. The van der Waals surface area contributed by atoms with Gasteiger partial charge in [-0.25, -0.2) is 0 Å². The Hall–Kier alpha value is -1.66. The first-order chi connectivity index (χ1) is 30.5. The first kappa shape index (κ1) is 60.3. The summed E-state index contributed by atoms with van der Waals surface area (Å²) in [6.45, 7) is 4.83. The number of esters is 1. The summed E-state index contributed by atoms with van der Waals surface area (Å²) in [6, 6.07) is -0.649. The number of carbonyl (C=O) groups is 2. The molecule has 2 atom stereocenters. The van der Waals surface area contributed by atoms with Gasteiger partial charge in [0.15, 0.2) is 0 Å². The number of allylic oxidation sites excluding steroid dienone is 3. The largest absolute Gasteiger partial charge is 0.466 e. The van der Waals surface area contributed by atoms with Gasteiger partial charge in [0.05, 0.1) is 25.4 Å². The Balaban J connectivity index is 3.54. The lowest BCUT2D eigenvalue weighted by atomic mass is 10.0. The normalized spacial score (nSPS) is 12.8. The average molecular weight is 874 g/mol. The van der Waals surface area contributed by atoms with Crippen LogP contribution in [0, 0.1) is 0 Å². The molecule has 0 saturated carbocycles. The molecule has 62 heavy (non-hydrogen) atoms. The first-order valence-corrected chi connectivity index (χ1v) is 27.6. The van der Waals surface area contributed by atoms with Gasteiger partial charge in [-0.15, -0.1) is 0 Å². The number of ether oxygens (including phenoxy) is 1. The highest BCUT2D eigenvalue weighted by Gasteiger charge is 2.18. The van der Waals surface area contributed by atoms with Crippen molar-refractivity contribution in [1.82, 2.24) is 5.32 Å². The Kier molecular flexibility index (Phi) is 50.6. The maximum atomic E-state index is 12.5. The van der Waals surface area contributed by atoms with Crippen molar-refractivity contribution in [3.8, 4) is 0 Å². The molecule has 1 amide bonds. The number of hydrogen-bond donors (Lipinski definition) is 3. The standard InChI is InChI=1S/C56H107NO5/c1-3-5-7-9-11-13-15-16-17-18-19-20-21-22-23-24-25-26-29-32-36-40-44-48-54(59)53(52-58)57-55(60)49-45-41-37-33-30-27-31-35-39-43-47-51-62-56(61)50-46-42-38-34-28-14-12-10-8-6-4-2/h31,35,44,48,53-54,58-59H,3-30,32-34,36-43,45-47,49-52H2,1-2H3,(H,57,60)/b35-31-,48-44+. The molecule has 0 bridgehead atoms. The van der Waals surface area contributed by atoms with Gasteiger partial charge >= 0.3 is 5.97 Å². The predicted octanol–water partition coefficient (Wildman–Crippen LogP) is 16.7. The fraction of sp³-hybridized carbons (Fsp3) is 0.893. The molecule has 0 radical (unpaired) electrons. The van der Waals surface area contributed by atoms with E-state index in [0.29, 0.717) is 19.4 Å². The third-order valence-electron chi connectivity index (χ3n) is 12.7. The van der Waals surface area contributed by atoms with Gasteiger partial charge in [-0.2, -0.15) is 0 Å². The number of aliphatic hydroxyl groups is 2. The topological polar surface area (TPSA) is 95.9 Å². The Bertz CT molecular complexity index is 966. The third-order valence-corrected chi connectivity index (χ3v) is 12.7. The summed E-state index contributed by atoms with van der Waals surface area (Å²) in [4.78, 5) is 24.4. The van der Waals surface area contributed by atoms with E-state index >= 15 is 0 Å². The average Bonchev–Trinajstić information content (AvgIpc) is 3.27. The van der Waals surface area contributed by atoms with Gasteiger partial charge in [-0.05, 0) is 57.8 Å². The molecule has 366 valence electrons. The van der Waals surface area contributed by atoms with Crippen LogP contribution >= 0.6 is 0 Å². The summed E-state index contributed by atoms with van der Waals surface area (Å²) >= 11 is 0. The zero-order valence-corrected chi connectivity index (χ0v) is 41.6. The minimum atomic E-state index is -0.863. The van der Waals surface area contributed by atoms with Crippen LogP contribution in [0.15, 0.2) is 24.3 Å². The molecule has 0 aromatic carbocycles. The Morgan fingerprint density at radius 2 is 0.758 bits per heavy atom. The van der Waals surface area contributed by atoms with E-state index in [4.69, 9.17) is 4.74 Å². The highest BCUT2D eigenvalue weighted by molar-refractivity contribution is 5.76. The molecule has 0 aromatic rings. The van der Waals surface area contributed by atoms with Gasteiger partial charge in [0, 0.05) is 12.8 Å². The number of unbranched alkanes of at least 4 members (excludes halogenated alkanes) is 38. The molecule has 0 aromatic heterocycles. The zero-order valence-electron chi connectivity index (χ0n) is 41.6. The molecule has 0 aliphatic carbocycles. The molecule has 0 fully saturated rings. The Morgan fingerprint density at radius 1 is 0.435 bits per heavy atom. The van der Waals surface area contributed by atoms with E-state index in [-0.39, 0.29) is 18.5 Å². The van der Waals surface area contributed by atoms with Crippen molar-refractivity contribution in [2.24, 2.45) is 0 Å². The smallest absolute Gasteiger partial charge is 0.305 e. The van der Waals surface area contributed by atoms with E-state index in [1.807, 2.05) is 6.08 Å². The maximum absolute atomic E-state index is 12.5. The van der Waals surface area contributed by atoms with Crippen LogP contribution in [0.2, 0.25) is 0 Å². The van der Waals surface area contributed by atoms with Crippen LogP contribution in [0.1, 0.15) is 296 Å². The quantitative estimate of drug-likeness (QED) is 0.0321. The van der Waals surface area contributed by atoms with E-state index in [9.17, 15) is 19.8 Å². The van der Waals surface area contributed by atoms with Crippen molar-refractivity contribution < 1.29 is 24.5 Å². The highest BCUT2D eigenvalue weighted by atomic mass is 16.5. The second-order valence-electron chi connectivity index (χ2n) is 18.9. The van der Waals surface area contributed by atoms with Crippen LogP contribution in [-0.2, 0) is 14.3 Å². The molecular weight excluding hydrogens is 767 g/mol.